The number of rotatable bonds is 9. The predicted molar refractivity (Wildman–Crippen MR) is 148 cm³/mol. The zero-order valence-corrected chi connectivity index (χ0v) is 20.8. The molecule has 0 atom stereocenters. The number of pyridine rings is 1. The summed E-state index contributed by atoms with van der Waals surface area (Å²) in [6, 6.07) is 25.2. The lowest BCUT2D eigenvalue weighted by molar-refractivity contribution is 0.252. The topological polar surface area (TPSA) is 107 Å². The van der Waals surface area contributed by atoms with Gasteiger partial charge in [-0.1, -0.05) is 48.5 Å². The first-order chi connectivity index (χ1) is 18.1. The van der Waals surface area contributed by atoms with Gasteiger partial charge in [-0.15, -0.1) is 0 Å². The highest BCUT2D eigenvalue weighted by atomic mass is 16.5. The van der Waals surface area contributed by atoms with Gasteiger partial charge >= 0.3 is 6.03 Å². The van der Waals surface area contributed by atoms with E-state index in [0.29, 0.717) is 18.8 Å². The van der Waals surface area contributed by atoms with Crippen LogP contribution in [-0.4, -0.2) is 34.2 Å². The number of methoxy groups -OCH3 is 1. The van der Waals surface area contributed by atoms with Gasteiger partial charge in [0.25, 0.3) is 0 Å². The maximum Gasteiger partial charge on any atom is 0.319 e. The number of nitrogens with zero attached hydrogens (tertiary/aromatic N) is 3. The minimum absolute atomic E-state index is 0.204. The highest BCUT2D eigenvalue weighted by Crippen LogP contribution is 2.30. The standard InChI is InChI=1S/C29H30N6O2/c1-37-22-15-13-20(14-16-22)19-25-34-26-27(23-11-5-6-12-24(23)33-28(26)30)35(25)18-8-7-17-31-29(36)32-21-9-3-2-4-10-21/h2-6,9-16H,7-8,17-19H2,1H3,(H2,30,33)(H2,31,32,36). The number of anilines is 2. The third-order valence-corrected chi connectivity index (χ3v) is 6.34. The lowest BCUT2D eigenvalue weighted by atomic mass is 10.1. The van der Waals surface area contributed by atoms with Crippen molar-refractivity contribution in [2.75, 3.05) is 24.7 Å². The number of ether oxygens (including phenoxy) is 1. The van der Waals surface area contributed by atoms with Crippen molar-refractivity contribution in [1.82, 2.24) is 19.9 Å². The Labute approximate surface area is 215 Å². The van der Waals surface area contributed by atoms with E-state index in [9.17, 15) is 4.79 Å². The van der Waals surface area contributed by atoms with Crippen LogP contribution in [0.25, 0.3) is 21.9 Å². The van der Waals surface area contributed by atoms with Gasteiger partial charge in [-0.3, -0.25) is 0 Å². The number of nitrogens with two attached hydrogens (primary N) is 1. The number of amides is 2. The van der Waals surface area contributed by atoms with Crippen LogP contribution in [0.15, 0.2) is 78.9 Å². The Bertz CT molecular complexity index is 1510. The van der Waals surface area contributed by atoms with Crippen LogP contribution in [-0.2, 0) is 13.0 Å². The molecule has 0 saturated heterocycles. The fourth-order valence-corrected chi connectivity index (χ4v) is 4.50. The lowest BCUT2D eigenvalue weighted by Gasteiger charge is -2.12. The van der Waals surface area contributed by atoms with E-state index in [4.69, 9.17) is 15.5 Å². The van der Waals surface area contributed by atoms with E-state index in [0.717, 1.165) is 64.1 Å². The van der Waals surface area contributed by atoms with Gasteiger partial charge in [0.1, 0.15) is 17.1 Å². The van der Waals surface area contributed by atoms with E-state index in [-0.39, 0.29) is 6.03 Å². The monoisotopic (exact) mass is 494 g/mol. The molecule has 0 radical (unpaired) electrons. The number of hydrogen-bond acceptors (Lipinski definition) is 5. The second-order valence-corrected chi connectivity index (χ2v) is 8.87. The number of unbranched alkanes of at least 4 members (excludes halogenated alkanes) is 1. The van der Waals surface area contributed by atoms with Crippen LogP contribution < -0.4 is 21.1 Å². The Kier molecular flexibility index (Phi) is 7.16. The molecule has 2 amide bonds. The fraction of sp³-hybridized carbons (Fsp3) is 0.207. The maximum atomic E-state index is 12.2. The molecular weight excluding hydrogens is 464 g/mol. The van der Waals surface area contributed by atoms with Gasteiger partial charge in [0.05, 0.1) is 18.1 Å². The number of nitrogen functional groups attached to an aromatic ring is 1. The Morgan fingerprint density at radius 3 is 2.49 bits per heavy atom. The lowest BCUT2D eigenvalue weighted by Crippen LogP contribution is -2.29. The molecule has 2 aromatic heterocycles. The van der Waals surface area contributed by atoms with Gasteiger partial charge in [-0.05, 0) is 48.7 Å². The molecule has 0 aliphatic carbocycles. The van der Waals surface area contributed by atoms with E-state index in [2.05, 4.69) is 38.4 Å². The van der Waals surface area contributed by atoms with Gasteiger partial charge in [0, 0.05) is 30.6 Å². The smallest absolute Gasteiger partial charge is 0.319 e. The summed E-state index contributed by atoms with van der Waals surface area (Å²) in [5, 5.41) is 6.81. The SMILES string of the molecule is COc1ccc(Cc2nc3c(N)nc4ccccc4c3n2CCCCNC(=O)Nc2ccccc2)cc1. The molecule has 188 valence electrons. The van der Waals surface area contributed by atoms with Crippen molar-refractivity contribution in [2.24, 2.45) is 0 Å². The quantitative estimate of drug-likeness (QED) is 0.239. The predicted octanol–water partition coefficient (Wildman–Crippen LogP) is 5.37. The molecule has 0 aliphatic heterocycles. The summed E-state index contributed by atoms with van der Waals surface area (Å²) < 4.78 is 7.56. The van der Waals surface area contributed by atoms with Crippen LogP contribution in [0.2, 0.25) is 0 Å². The van der Waals surface area contributed by atoms with E-state index in [1.54, 1.807) is 7.11 Å². The van der Waals surface area contributed by atoms with Gasteiger partial charge in [-0.2, -0.15) is 0 Å². The summed E-state index contributed by atoms with van der Waals surface area (Å²) in [4.78, 5) is 21.7. The number of para-hydroxylation sites is 2. The first-order valence-corrected chi connectivity index (χ1v) is 12.4. The number of aryl methyl sites for hydroxylation is 1. The van der Waals surface area contributed by atoms with Crippen molar-refractivity contribution in [3.63, 3.8) is 0 Å². The van der Waals surface area contributed by atoms with Crippen LogP contribution in [0.5, 0.6) is 5.75 Å². The van der Waals surface area contributed by atoms with E-state index < -0.39 is 0 Å². The minimum Gasteiger partial charge on any atom is -0.497 e. The average molecular weight is 495 g/mol. The van der Waals surface area contributed by atoms with Crippen molar-refractivity contribution in [3.05, 3.63) is 90.3 Å². The number of carbonyl (C=O) groups excluding carboxylic acids is 1. The van der Waals surface area contributed by atoms with E-state index in [1.807, 2.05) is 60.7 Å². The number of aromatic nitrogens is 3. The molecule has 3 aromatic carbocycles. The average Bonchev–Trinajstić information content (AvgIpc) is 3.28. The van der Waals surface area contributed by atoms with Crippen molar-refractivity contribution in [2.45, 2.75) is 25.8 Å². The molecule has 8 heteroatoms. The number of hydrogen-bond donors (Lipinski definition) is 3. The summed E-state index contributed by atoms with van der Waals surface area (Å²) in [6.45, 7) is 1.32. The Morgan fingerprint density at radius 2 is 1.70 bits per heavy atom. The zero-order chi connectivity index (χ0) is 25.6. The zero-order valence-electron chi connectivity index (χ0n) is 20.8. The molecule has 5 rings (SSSR count). The number of nitrogens with one attached hydrogen (secondary N) is 2. The minimum atomic E-state index is -0.204. The highest BCUT2D eigenvalue weighted by molar-refractivity contribution is 6.06. The Hall–Kier alpha value is -4.59. The maximum absolute atomic E-state index is 12.2. The third kappa shape index (κ3) is 5.48. The van der Waals surface area contributed by atoms with Crippen LogP contribution in [0, 0.1) is 0 Å². The summed E-state index contributed by atoms with van der Waals surface area (Å²) in [5.41, 5.74) is 10.8. The van der Waals surface area contributed by atoms with Crippen molar-refractivity contribution in [3.8, 4) is 5.75 Å². The largest absolute Gasteiger partial charge is 0.497 e. The summed E-state index contributed by atoms with van der Waals surface area (Å²) in [7, 11) is 1.66. The number of carbonyl (C=O) groups is 1. The van der Waals surface area contributed by atoms with E-state index >= 15 is 0 Å². The molecule has 5 aromatic rings. The van der Waals surface area contributed by atoms with Crippen molar-refractivity contribution in [1.29, 1.82) is 0 Å². The second kappa shape index (κ2) is 11.0. The molecule has 2 heterocycles. The second-order valence-electron chi connectivity index (χ2n) is 8.87. The molecule has 8 nitrogen and oxygen atoms in total. The van der Waals surface area contributed by atoms with Crippen molar-refractivity contribution >= 4 is 39.5 Å². The summed E-state index contributed by atoms with van der Waals surface area (Å²) >= 11 is 0. The van der Waals surface area contributed by atoms with Crippen LogP contribution >= 0.6 is 0 Å². The molecule has 0 spiro atoms. The molecule has 0 saturated carbocycles. The van der Waals surface area contributed by atoms with Gasteiger partial charge in [0.15, 0.2) is 5.82 Å². The van der Waals surface area contributed by atoms with Crippen LogP contribution in [0.3, 0.4) is 0 Å². The Morgan fingerprint density at radius 1 is 0.946 bits per heavy atom. The number of benzene rings is 3. The normalized spacial score (nSPS) is 11.1. The molecule has 0 aliphatic rings. The summed E-state index contributed by atoms with van der Waals surface area (Å²) in [5.74, 6) is 2.18. The molecular formula is C29H30N6O2. The number of fused-ring (bicyclic) bond motifs is 3. The third-order valence-electron chi connectivity index (χ3n) is 6.34. The number of imidazole rings is 1. The fourth-order valence-electron chi connectivity index (χ4n) is 4.50. The van der Waals surface area contributed by atoms with Crippen LogP contribution in [0.1, 0.15) is 24.2 Å². The van der Waals surface area contributed by atoms with Gasteiger partial charge in [-0.25, -0.2) is 14.8 Å². The van der Waals surface area contributed by atoms with Crippen molar-refractivity contribution < 1.29 is 9.53 Å². The first-order valence-electron chi connectivity index (χ1n) is 12.4. The molecule has 0 bridgehead atoms. The molecule has 0 unspecified atom stereocenters. The van der Waals surface area contributed by atoms with Crippen LogP contribution in [0.4, 0.5) is 16.3 Å². The molecule has 0 fully saturated rings. The number of urea groups is 1. The molecule has 4 N–H and O–H groups in total. The first kappa shape index (κ1) is 24.1. The highest BCUT2D eigenvalue weighted by Gasteiger charge is 2.17. The van der Waals surface area contributed by atoms with E-state index in [1.165, 1.54) is 0 Å². The molecule has 37 heavy (non-hydrogen) atoms. The summed E-state index contributed by atoms with van der Waals surface area (Å²) in [6.07, 6.45) is 2.34. The van der Waals surface area contributed by atoms with Gasteiger partial charge < -0.3 is 25.7 Å². The Balaban J connectivity index is 1.34. The van der Waals surface area contributed by atoms with Gasteiger partial charge in [0.2, 0.25) is 0 Å².